The predicted molar refractivity (Wildman–Crippen MR) is 93.9 cm³/mol. The summed E-state index contributed by atoms with van der Waals surface area (Å²) in [5, 5.41) is 1.81. The second-order valence-corrected chi connectivity index (χ2v) is 9.18. The number of piperazine rings is 1. The van der Waals surface area contributed by atoms with Crippen LogP contribution in [0.5, 0.6) is 5.75 Å². The molecule has 0 saturated carbocycles. The number of fused-ring (bicyclic) bond motifs is 1. The zero-order valence-electron chi connectivity index (χ0n) is 13.3. The van der Waals surface area contributed by atoms with Gasteiger partial charge in [-0.1, -0.05) is 24.3 Å². The van der Waals surface area contributed by atoms with E-state index in [1.165, 1.54) is 16.9 Å². The highest BCUT2D eigenvalue weighted by atomic mass is 32.2. The molecule has 0 amide bonds. The van der Waals surface area contributed by atoms with Crippen molar-refractivity contribution in [3.63, 3.8) is 0 Å². The van der Waals surface area contributed by atoms with Gasteiger partial charge in [-0.25, -0.2) is 8.42 Å². The number of rotatable bonds is 3. The van der Waals surface area contributed by atoms with Crippen molar-refractivity contribution in [2.24, 2.45) is 0 Å². The van der Waals surface area contributed by atoms with Crippen LogP contribution in [0.1, 0.15) is 18.0 Å². The van der Waals surface area contributed by atoms with Gasteiger partial charge in [-0.05, 0) is 17.5 Å². The minimum atomic E-state index is -3.33. The summed E-state index contributed by atoms with van der Waals surface area (Å²) in [7, 11) is -3.33. The zero-order valence-corrected chi connectivity index (χ0v) is 14.9. The highest BCUT2D eigenvalue weighted by molar-refractivity contribution is 7.91. The molecule has 1 aromatic heterocycles. The Balaban J connectivity index is 1.48. The fourth-order valence-corrected chi connectivity index (χ4v) is 6.06. The van der Waals surface area contributed by atoms with Gasteiger partial charge in [0.2, 0.25) is 0 Å². The smallest absolute Gasteiger partial charge is 0.252 e. The van der Waals surface area contributed by atoms with Gasteiger partial charge in [0.05, 0.1) is 6.61 Å². The molecule has 1 aromatic carbocycles. The lowest BCUT2D eigenvalue weighted by atomic mass is 9.98. The van der Waals surface area contributed by atoms with Crippen molar-refractivity contribution in [2.75, 3.05) is 32.8 Å². The molecule has 1 unspecified atom stereocenters. The summed E-state index contributed by atoms with van der Waals surface area (Å²) in [6, 6.07) is 12.0. The second-order valence-electron chi connectivity index (χ2n) is 6.06. The van der Waals surface area contributed by atoms with Crippen LogP contribution in [0.2, 0.25) is 0 Å². The number of benzene rings is 1. The molecule has 0 spiro atoms. The average molecular weight is 364 g/mol. The van der Waals surface area contributed by atoms with Crippen molar-refractivity contribution in [1.29, 1.82) is 0 Å². The fourth-order valence-electron chi connectivity index (χ4n) is 3.50. The molecule has 1 saturated heterocycles. The van der Waals surface area contributed by atoms with E-state index in [2.05, 4.69) is 11.0 Å². The number of hydrogen-bond donors (Lipinski definition) is 0. The lowest BCUT2D eigenvalue weighted by molar-refractivity contribution is 0.103. The van der Waals surface area contributed by atoms with Gasteiger partial charge in [-0.3, -0.25) is 4.90 Å². The van der Waals surface area contributed by atoms with Crippen LogP contribution >= 0.6 is 11.3 Å². The number of ether oxygens (including phenoxy) is 1. The Labute approximate surface area is 146 Å². The topological polar surface area (TPSA) is 49.9 Å². The van der Waals surface area contributed by atoms with E-state index in [1.807, 2.05) is 23.6 Å². The Bertz CT molecular complexity index is 797. The molecule has 24 heavy (non-hydrogen) atoms. The van der Waals surface area contributed by atoms with E-state index in [0.717, 1.165) is 31.9 Å². The first-order valence-electron chi connectivity index (χ1n) is 8.16. The van der Waals surface area contributed by atoms with Gasteiger partial charge >= 0.3 is 0 Å². The molecular formula is C17H20N2O3S2. The van der Waals surface area contributed by atoms with Crippen molar-refractivity contribution in [1.82, 2.24) is 9.21 Å². The van der Waals surface area contributed by atoms with Crippen LogP contribution in [0.25, 0.3) is 0 Å². The average Bonchev–Trinajstić information content (AvgIpc) is 3.17. The molecule has 1 atom stereocenters. The fraction of sp³-hybridized carbons (Fsp3) is 0.412. The summed E-state index contributed by atoms with van der Waals surface area (Å²) < 4.78 is 33.0. The van der Waals surface area contributed by atoms with Crippen molar-refractivity contribution in [3.8, 4) is 5.75 Å². The third kappa shape index (κ3) is 2.86. The monoisotopic (exact) mass is 364 g/mol. The third-order valence-electron chi connectivity index (χ3n) is 4.73. The Morgan fingerprint density at radius 2 is 1.83 bits per heavy atom. The van der Waals surface area contributed by atoms with Crippen LogP contribution in [0.4, 0.5) is 0 Å². The Kier molecular flexibility index (Phi) is 4.34. The highest BCUT2D eigenvalue weighted by Gasteiger charge is 2.33. The molecular weight excluding hydrogens is 344 g/mol. The maximum Gasteiger partial charge on any atom is 0.252 e. The molecule has 2 aromatic rings. The van der Waals surface area contributed by atoms with Crippen LogP contribution in [0, 0.1) is 0 Å². The Morgan fingerprint density at radius 1 is 1.04 bits per heavy atom. The molecule has 7 heteroatoms. The molecule has 0 radical (unpaired) electrons. The van der Waals surface area contributed by atoms with E-state index in [1.54, 1.807) is 16.4 Å². The molecule has 3 heterocycles. The van der Waals surface area contributed by atoms with E-state index in [0.29, 0.717) is 23.3 Å². The first-order chi connectivity index (χ1) is 11.7. The van der Waals surface area contributed by atoms with Crippen LogP contribution in [0.15, 0.2) is 46.0 Å². The number of sulfonamides is 1. The zero-order chi connectivity index (χ0) is 16.6. The molecule has 2 aliphatic rings. The third-order valence-corrected chi connectivity index (χ3v) is 8.00. The summed E-state index contributed by atoms with van der Waals surface area (Å²) in [6.45, 7) is 3.31. The molecule has 128 valence electrons. The van der Waals surface area contributed by atoms with Crippen molar-refractivity contribution >= 4 is 21.4 Å². The minimum Gasteiger partial charge on any atom is -0.493 e. The summed E-state index contributed by atoms with van der Waals surface area (Å²) in [6.07, 6.45) is 0.953. The van der Waals surface area contributed by atoms with Crippen molar-refractivity contribution in [2.45, 2.75) is 16.7 Å². The minimum absolute atomic E-state index is 0.321. The normalized spacial score (nSPS) is 22.8. The number of nitrogens with zero attached hydrogens (tertiary/aromatic N) is 2. The van der Waals surface area contributed by atoms with Gasteiger partial charge in [0.1, 0.15) is 9.96 Å². The summed E-state index contributed by atoms with van der Waals surface area (Å²) >= 11 is 1.28. The van der Waals surface area contributed by atoms with Gasteiger partial charge in [0.25, 0.3) is 10.0 Å². The molecule has 0 N–H and O–H groups in total. The van der Waals surface area contributed by atoms with E-state index >= 15 is 0 Å². The largest absolute Gasteiger partial charge is 0.493 e. The molecule has 4 rings (SSSR count). The van der Waals surface area contributed by atoms with Crippen LogP contribution in [0.3, 0.4) is 0 Å². The van der Waals surface area contributed by atoms with Gasteiger partial charge in [-0.2, -0.15) is 4.31 Å². The van der Waals surface area contributed by atoms with Gasteiger partial charge in [0.15, 0.2) is 0 Å². The van der Waals surface area contributed by atoms with Crippen LogP contribution in [-0.4, -0.2) is 50.4 Å². The predicted octanol–water partition coefficient (Wildman–Crippen LogP) is 2.58. The van der Waals surface area contributed by atoms with Crippen LogP contribution < -0.4 is 4.74 Å². The first-order valence-corrected chi connectivity index (χ1v) is 10.5. The maximum atomic E-state index is 12.6. The SMILES string of the molecule is O=S(=O)(c1cccs1)N1CCN(C2CCOc3ccccc32)CC1. The number of hydrogen-bond acceptors (Lipinski definition) is 5. The highest BCUT2D eigenvalue weighted by Crippen LogP contribution is 2.36. The maximum absolute atomic E-state index is 12.6. The summed E-state index contributed by atoms with van der Waals surface area (Å²) in [5.74, 6) is 0.961. The molecule has 2 aliphatic heterocycles. The Hall–Kier alpha value is -1.41. The lowest BCUT2D eigenvalue weighted by Crippen LogP contribution is -2.50. The van der Waals surface area contributed by atoms with E-state index in [-0.39, 0.29) is 0 Å². The van der Waals surface area contributed by atoms with Crippen molar-refractivity contribution < 1.29 is 13.2 Å². The summed E-state index contributed by atoms with van der Waals surface area (Å²) in [5.41, 5.74) is 1.22. The summed E-state index contributed by atoms with van der Waals surface area (Å²) in [4.78, 5) is 2.39. The van der Waals surface area contributed by atoms with Crippen molar-refractivity contribution in [3.05, 3.63) is 47.3 Å². The van der Waals surface area contributed by atoms with Gasteiger partial charge in [-0.15, -0.1) is 11.3 Å². The lowest BCUT2D eigenvalue weighted by Gasteiger charge is -2.40. The molecule has 5 nitrogen and oxygen atoms in total. The van der Waals surface area contributed by atoms with E-state index in [4.69, 9.17) is 4.74 Å². The number of para-hydroxylation sites is 1. The van der Waals surface area contributed by atoms with Gasteiger partial charge < -0.3 is 4.74 Å². The van der Waals surface area contributed by atoms with E-state index < -0.39 is 10.0 Å². The van der Waals surface area contributed by atoms with Crippen LogP contribution in [-0.2, 0) is 10.0 Å². The van der Waals surface area contributed by atoms with Gasteiger partial charge in [0, 0.05) is 44.2 Å². The van der Waals surface area contributed by atoms with E-state index in [9.17, 15) is 8.42 Å². The first kappa shape index (κ1) is 16.1. The molecule has 0 bridgehead atoms. The number of thiophene rings is 1. The standard InChI is InChI=1S/C17H20N2O3S2/c20-24(21,17-6-3-13-23-17)19-10-8-18(9-11-19)15-7-12-22-16-5-2-1-4-14(15)16/h1-6,13,15H,7-12H2. The second kappa shape index (κ2) is 6.48. The molecule has 0 aliphatic carbocycles. The quantitative estimate of drug-likeness (QED) is 0.840. The molecule has 1 fully saturated rings. The Morgan fingerprint density at radius 3 is 2.58 bits per heavy atom.